The van der Waals surface area contributed by atoms with Gasteiger partial charge in [-0.2, -0.15) is 0 Å². The molecule has 0 unspecified atom stereocenters. The average Bonchev–Trinajstić information content (AvgIpc) is 3.07. The molecule has 4 rings (SSSR count). The zero-order valence-corrected chi connectivity index (χ0v) is 19.3. The topological polar surface area (TPSA) is 79.6 Å². The van der Waals surface area contributed by atoms with E-state index in [1.165, 1.54) is 30.0 Å². The van der Waals surface area contributed by atoms with Crippen LogP contribution in [0.15, 0.2) is 79.0 Å². The first-order chi connectivity index (χ1) is 14.8. The van der Waals surface area contributed by atoms with Crippen molar-refractivity contribution in [3.63, 3.8) is 0 Å². The van der Waals surface area contributed by atoms with E-state index in [0.717, 1.165) is 9.80 Å². The third-order valence-electron chi connectivity index (χ3n) is 4.17. The Morgan fingerprint density at radius 3 is 2.23 bits per heavy atom. The molecule has 2 heterocycles. The summed E-state index contributed by atoms with van der Waals surface area (Å²) in [5, 5.41) is 3.77. The van der Waals surface area contributed by atoms with Gasteiger partial charge in [0, 0.05) is 14.9 Å². The molecule has 31 heavy (non-hydrogen) atoms. The lowest BCUT2D eigenvalue weighted by Gasteiger charge is -2.26. The number of barbiturate groups is 1. The van der Waals surface area contributed by atoms with Crippen LogP contribution in [-0.2, 0) is 9.59 Å². The number of urea groups is 1. The van der Waals surface area contributed by atoms with Gasteiger partial charge in [0.05, 0.1) is 10.2 Å². The summed E-state index contributed by atoms with van der Waals surface area (Å²) >= 11 is 16.5. The van der Waals surface area contributed by atoms with Crippen molar-refractivity contribution in [1.29, 1.82) is 0 Å². The van der Waals surface area contributed by atoms with Crippen LogP contribution in [0.5, 0.6) is 0 Å². The van der Waals surface area contributed by atoms with E-state index in [2.05, 4.69) is 21.2 Å². The first-order valence-corrected chi connectivity index (χ1v) is 11.1. The van der Waals surface area contributed by atoms with Gasteiger partial charge in [0.1, 0.15) is 11.3 Å². The predicted molar refractivity (Wildman–Crippen MR) is 122 cm³/mol. The standard InChI is InChI=1S/C21H11BrCl2N2O4S/c22-17-10-14(30-20(17)31-15-7-3-12(24)4-8-15)9-16-18(27)25-21(29)26(19(16)28)13-5-1-11(23)2-6-13/h1-10H,(H,25,27,29). The Morgan fingerprint density at radius 2 is 1.58 bits per heavy atom. The fourth-order valence-corrected chi connectivity index (χ4v) is 4.33. The van der Waals surface area contributed by atoms with Gasteiger partial charge in [0.25, 0.3) is 11.8 Å². The van der Waals surface area contributed by atoms with Crippen LogP contribution in [0.2, 0.25) is 10.0 Å². The lowest BCUT2D eigenvalue weighted by molar-refractivity contribution is -0.122. The number of carbonyl (C=O) groups excluding carboxylic acids is 3. The van der Waals surface area contributed by atoms with Crippen LogP contribution in [0, 0.1) is 0 Å². The quantitative estimate of drug-likeness (QED) is 0.318. The van der Waals surface area contributed by atoms with E-state index < -0.39 is 17.8 Å². The van der Waals surface area contributed by atoms with Crippen LogP contribution >= 0.6 is 50.9 Å². The van der Waals surface area contributed by atoms with Gasteiger partial charge in [0.15, 0.2) is 5.09 Å². The molecule has 1 aliphatic rings. The summed E-state index contributed by atoms with van der Waals surface area (Å²) in [4.78, 5) is 39.3. The number of amides is 4. The number of benzene rings is 2. The Morgan fingerprint density at radius 1 is 0.968 bits per heavy atom. The molecule has 10 heteroatoms. The highest BCUT2D eigenvalue weighted by atomic mass is 79.9. The number of furan rings is 1. The molecule has 2 aromatic carbocycles. The fraction of sp³-hybridized carbons (Fsp3) is 0. The minimum atomic E-state index is -0.839. The van der Waals surface area contributed by atoms with Crippen molar-refractivity contribution >= 4 is 80.5 Å². The summed E-state index contributed by atoms with van der Waals surface area (Å²) < 4.78 is 6.43. The molecule has 0 radical (unpaired) electrons. The van der Waals surface area contributed by atoms with Crippen molar-refractivity contribution < 1.29 is 18.8 Å². The average molecular weight is 538 g/mol. The fourth-order valence-electron chi connectivity index (χ4n) is 2.74. The number of carbonyl (C=O) groups is 3. The van der Waals surface area contributed by atoms with Gasteiger partial charge in [-0.25, -0.2) is 9.69 Å². The van der Waals surface area contributed by atoms with Gasteiger partial charge in [-0.15, -0.1) is 0 Å². The predicted octanol–water partition coefficient (Wildman–Crippen LogP) is 6.17. The largest absolute Gasteiger partial charge is 0.449 e. The molecule has 6 nitrogen and oxygen atoms in total. The molecule has 1 N–H and O–H groups in total. The van der Waals surface area contributed by atoms with Crippen LogP contribution in [0.25, 0.3) is 6.08 Å². The van der Waals surface area contributed by atoms with Gasteiger partial charge in [0.2, 0.25) is 0 Å². The number of hydrogen-bond acceptors (Lipinski definition) is 5. The third-order valence-corrected chi connectivity index (χ3v) is 6.52. The van der Waals surface area contributed by atoms with Crippen LogP contribution in [-0.4, -0.2) is 17.8 Å². The summed E-state index contributed by atoms with van der Waals surface area (Å²) in [6, 6.07) is 14.1. The Bertz CT molecular complexity index is 1220. The van der Waals surface area contributed by atoms with Gasteiger partial charge in [-0.1, -0.05) is 35.0 Å². The molecule has 0 saturated carbocycles. The van der Waals surface area contributed by atoms with E-state index in [1.807, 2.05) is 12.1 Å². The van der Waals surface area contributed by atoms with Gasteiger partial charge in [-0.3, -0.25) is 14.9 Å². The van der Waals surface area contributed by atoms with Crippen LogP contribution in [0.1, 0.15) is 5.76 Å². The molecule has 0 spiro atoms. The first-order valence-electron chi connectivity index (χ1n) is 8.71. The number of nitrogens with one attached hydrogen (secondary N) is 1. The van der Waals surface area contributed by atoms with Crippen LogP contribution < -0.4 is 10.2 Å². The second-order valence-corrected chi connectivity index (χ2v) is 9.05. The van der Waals surface area contributed by atoms with E-state index >= 15 is 0 Å². The lowest BCUT2D eigenvalue weighted by atomic mass is 10.1. The Labute approximate surface area is 199 Å². The normalized spacial score (nSPS) is 15.5. The Hall–Kier alpha value is -2.52. The molecule has 1 fully saturated rings. The third kappa shape index (κ3) is 4.72. The minimum absolute atomic E-state index is 0.237. The molecular formula is C21H11BrCl2N2O4S. The van der Waals surface area contributed by atoms with Gasteiger partial charge >= 0.3 is 6.03 Å². The van der Waals surface area contributed by atoms with Gasteiger partial charge in [-0.05, 0) is 76.6 Å². The summed E-state index contributed by atoms with van der Waals surface area (Å²) in [6.07, 6.45) is 1.30. The molecule has 0 aliphatic carbocycles. The van der Waals surface area contributed by atoms with Crippen molar-refractivity contribution in [3.8, 4) is 0 Å². The van der Waals surface area contributed by atoms with Crippen molar-refractivity contribution in [3.05, 3.63) is 80.4 Å². The van der Waals surface area contributed by atoms with Gasteiger partial charge < -0.3 is 4.42 Å². The molecule has 3 aromatic rings. The first kappa shape index (κ1) is 21.7. The van der Waals surface area contributed by atoms with Crippen molar-refractivity contribution in [1.82, 2.24) is 5.32 Å². The smallest absolute Gasteiger partial charge is 0.335 e. The summed E-state index contributed by atoms with van der Waals surface area (Å²) in [6.45, 7) is 0. The second-order valence-electron chi connectivity index (χ2n) is 6.27. The molecule has 1 aliphatic heterocycles. The lowest BCUT2D eigenvalue weighted by Crippen LogP contribution is -2.54. The van der Waals surface area contributed by atoms with Crippen LogP contribution in [0.3, 0.4) is 0 Å². The molecule has 1 saturated heterocycles. The highest BCUT2D eigenvalue weighted by Crippen LogP contribution is 2.37. The number of halogens is 3. The zero-order valence-electron chi connectivity index (χ0n) is 15.4. The zero-order chi connectivity index (χ0) is 22.1. The number of nitrogens with zero attached hydrogens (tertiary/aromatic N) is 1. The van der Waals surface area contributed by atoms with E-state index in [4.69, 9.17) is 27.6 Å². The highest BCUT2D eigenvalue weighted by molar-refractivity contribution is 9.10. The maximum atomic E-state index is 12.9. The number of anilines is 1. The summed E-state index contributed by atoms with van der Waals surface area (Å²) in [5.74, 6) is -1.30. The van der Waals surface area contributed by atoms with E-state index in [-0.39, 0.29) is 17.0 Å². The summed E-state index contributed by atoms with van der Waals surface area (Å²) in [7, 11) is 0. The Kier molecular flexibility index (Phi) is 6.24. The van der Waals surface area contributed by atoms with E-state index in [9.17, 15) is 14.4 Å². The number of imide groups is 2. The molecule has 4 amide bonds. The molecule has 0 bridgehead atoms. The second kappa shape index (κ2) is 8.92. The van der Waals surface area contributed by atoms with Crippen molar-refractivity contribution in [2.75, 3.05) is 4.90 Å². The summed E-state index contributed by atoms with van der Waals surface area (Å²) in [5.41, 5.74) is 0.0451. The number of rotatable bonds is 4. The van der Waals surface area contributed by atoms with Crippen molar-refractivity contribution in [2.24, 2.45) is 0 Å². The maximum absolute atomic E-state index is 12.9. The SMILES string of the molecule is O=C1NC(=O)N(c2ccc(Cl)cc2)C(=O)C1=Cc1cc(Br)c(Sc2ccc(Cl)cc2)o1. The van der Waals surface area contributed by atoms with E-state index in [1.54, 1.807) is 30.3 Å². The van der Waals surface area contributed by atoms with Crippen LogP contribution in [0.4, 0.5) is 10.5 Å². The maximum Gasteiger partial charge on any atom is 0.335 e. The van der Waals surface area contributed by atoms with Crippen molar-refractivity contribution in [2.45, 2.75) is 9.99 Å². The minimum Gasteiger partial charge on any atom is -0.449 e. The highest BCUT2D eigenvalue weighted by Gasteiger charge is 2.37. The van der Waals surface area contributed by atoms with E-state index in [0.29, 0.717) is 19.6 Å². The molecule has 156 valence electrons. The molecular weight excluding hydrogens is 527 g/mol. The monoisotopic (exact) mass is 536 g/mol. The molecule has 0 atom stereocenters. The molecule has 1 aromatic heterocycles. The number of hydrogen-bond donors (Lipinski definition) is 1. The Balaban J connectivity index is 1.63.